The zero-order valence-corrected chi connectivity index (χ0v) is 42.3. The molecule has 1 aliphatic carbocycles. The predicted octanol–water partition coefficient (Wildman–Crippen LogP) is 10.2. The molecule has 9 atom stereocenters. The Hall–Kier alpha value is -1.74. The molecule has 0 spiro atoms. The van der Waals surface area contributed by atoms with Gasteiger partial charge < -0.3 is 39.9 Å². The van der Waals surface area contributed by atoms with Gasteiger partial charge in [0, 0.05) is 43.9 Å². The summed E-state index contributed by atoms with van der Waals surface area (Å²) in [6, 6.07) is 0. The molecule has 0 radical (unpaired) electrons. The Bertz CT molecular complexity index is 1300. The highest BCUT2D eigenvalue weighted by Crippen LogP contribution is 2.43. The van der Waals surface area contributed by atoms with Crippen LogP contribution in [0.3, 0.4) is 0 Å². The molecule has 2 unspecified atom stereocenters. The molecular formula is C51H95O14P. The first-order chi connectivity index (χ1) is 31.7. The first kappa shape index (κ1) is 62.3. The monoisotopic (exact) mass is 963 g/mol. The molecule has 66 heavy (non-hydrogen) atoms. The first-order valence-corrected chi connectivity index (χ1v) is 27.7. The van der Waals surface area contributed by atoms with Gasteiger partial charge in [-0.25, -0.2) is 4.57 Å². The van der Waals surface area contributed by atoms with Crippen molar-refractivity contribution in [2.24, 2.45) is 17.8 Å². The van der Waals surface area contributed by atoms with Gasteiger partial charge >= 0.3 is 19.8 Å². The van der Waals surface area contributed by atoms with E-state index in [0.717, 1.165) is 44.4 Å². The number of rotatable bonds is 45. The molecule has 14 nitrogen and oxygen atoms in total. The van der Waals surface area contributed by atoms with Crippen molar-refractivity contribution in [3.63, 3.8) is 0 Å². The Morgan fingerprint density at radius 3 is 1.71 bits per heavy atom. The van der Waals surface area contributed by atoms with Crippen LogP contribution in [0.25, 0.3) is 0 Å². The van der Waals surface area contributed by atoms with Gasteiger partial charge in [0.15, 0.2) is 6.10 Å². The lowest BCUT2D eigenvalue weighted by Gasteiger charge is -2.21. The van der Waals surface area contributed by atoms with Gasteiger partial charge in [0.05, 0.1) is 38.1 Å². The summed E-state index contributed by atoms with van der Waals surface area (Å²) in [5, 5.41) is 49.8. The molecule has 1 fully saturated rings. The summed E-state index contributed by atoms with van der Waals surface area (Å²) < 4.78 is 32.8. The van der Waals surface area contributed by atoms with E-state index in [1.165, 1.54) is 103 Å². The second-order valence-electron chi connectivity index (χ2n) is 19.1. The minimum Gasteiger partial charge on any atom is -0.462 e. The zero-order chi connectivity index (χ0) is 48.8. The van der Waals surface area contributed by atoms with Gasteiger partial charge in [-0.2, -0.15) is 0 Å². The number of ether oxygens (including phenoxy) is 2. The van der Waals surface area contributed by atoms with Crippen molar-refractivity contribution in [2.75, 3.05) is 26.4 Å². The third-order valence-electron chi connectivity index (χ3n) is 12.9. The lowest BCUT2D eigenvalue weighted by molar-refractivity contribution is -0.161. The standard InChI is InChI=1S/C51H95O14P/c1-4-6-23-29-42(53)33-34-46-47(49(57)36-48(46)56)35-43(54)30-26-27-32-51(59)65-45(40-64-66(60,61)63-38-44(55)37-52)39-62-50(58)31-25-22-20-18-16-14-12-10-8-7-9-11-13-15-17-19-21-24-28-41(3)5-2/h33-34,41-42,44-49,52-53,55-57H,4-32,35-40H2,1-3H3,(H,60,61)/b34-33+/t41?,42-,44-,45+,46+,47+,48+,49-/m0/s1. The first-order valence-electron chi connectivity index (χ1n) is 26.2. The maximum Gasteiger partial charge on any atom is 0.472 e. The van der Waals surface area contributed by atoms with Crippen LogP contribution in [-0.2, 0) is 37.5 Å². The number of hydrogen-bond donors (Lipinski definition) is 6. The quantitative estimate of drug-likeness (QED) is 0.0145. The Morgan fingerprint density at radius 1 is 0.652 bits per heavy atom. The number of phosphoric ester groups is 1. The van der Waals surface area contributed by atoms with Gasteiger partial charge in [0.25, 0.3) is 0 Å². The molecule has 1 rings (SSSR count). The van der Waals surface area contributed by atoms with Crippen molar-refractivity contribution in [3.05, 3.63) is 12.2 Å². The number of carbonyl (C=O) groups is 3. The fourth-order valence-corrected chi connectivity index (χ4v) is 9.23. The van der Waals surface area contributed by atoms with Crippen molar-refractivity contribution < 1.29 is 67.9 Å². The molecule has 388 valence electrons. The zero-order valence-electron chi connectivity index (χ0n) is 41.4. The summed E-state index contributed by atoms with van der Waals surface area (Å²) >= 11 is 0. The lowest BCUT2D eigenvalue weighted by Crippen LogP contribution is -2.30. The van der Waals surface area contributed by atoms with E-state index in [0.29, 0.717) is 19.3 Å². The largest absolute Gasteiger partial charge is 0.472 e. The van der Waals surface area contributed by atoms with Crippen LogP contribution < -0.4 is 0 Å². The summed E-state index contributed by atoms with van der Waals surface area (Å²) in [6.07, 6.45) is 28.0. The number of hydrogen-bond acceptors (Lipinski definition) is 13. The Morgan fingerprint density at radius 2 is 1.15 bits per heavy atom. The van der Waals surface area contributed by atoms with E-state index in [9.17, 15) is 44.3 Å². The van der Waals surface area contributed by atoms with Crippen molar-refractivity contribution in [1.29, 1.82) is 0 Å². The molecule has 0 bridgehead atoms. The summed E-state index contributed by atoms with van der Waals surface area (Å²) in [6.45, 7) is 4.26. The smallest absolute Gasteiger partial charge is 0.462 e. The topological polar surface area (TPSA) is 227 Å². The van der Waals surface area contributed by atoms with Gasteiger partial charge in [-0.3, -0.25) is 23.4 Å². The average molecular weight is 963 g/mol. The number of aliphatic hydroxyl groups is 5. The lowest BCUT2D eigenvalue weighted by atomic mass is 9.87. The summed E-state index contributed by atoms with van der Waals surface area (Å²) in [5.74, 6) is -1.40. The molecule has 0 aromatic heterocycles. The molecular weight excluding hydrogens is 868 g/mol. The number of esters is 2. The van der Waals surface area contributed by atoms with E-state index in [-0.39, 0.29) is 44.3 Å². The SMILES string of the molecule is CCCCC[C@H](O)/C=C/[C@@H]1[C@@H](CC(=O)CCCCC(=O)O[C@H](COC(=O)CCCCCCCCCCCCCCCCCCCCC(C)CC)COP(=O)(O)OC[C@@H](O)CO)[C@@H](O)C[C@H]1O. The van der Waals surface area contributed by atoms with Gasteiger partial charge in [0.1, 0.15) is 18.5 Å². The minimum atomic E-state index is -4.73. The highest BCUT2D eigenvalue weighted by Gasteiger charge is 2.41. The van der Waals surface area contributed by atoms with E-state index in [1.807, 2.05) is 0 Å². The minimum absolute atomic E-state index is 0.0479. The third kappa shape index (κ3) is 33.7. The molecule has 0 aromatic carbocycles. The molecule has 0 aliphatic heterocycles. The van der Waals surface area contributed by atoms with Gasteiger partial charge in [0.2, 0.25) is 0 Å². The Kier molecular flexibility index (Phi) is 37.8. The van der Waals surface area contributed by atoms with Crippen molar-refractivity contribution in [2.45, 2.75) is 250 Å². The molecule has 0 heterocycles. The predicted molar refractivity (Wildman–Crippen MR) is 258 cm³/mol. The molecule has 0 amide bonds. The summed E-state index contributed by atoms with van der Waals surface area (Å²) in [7, 11) is -4.73. The van der Waals surface area contributed by atoms with Crippen molar-refractivity contribution >= 4 is 25.5 Å². The van der Waals surface area contributed by atoms with Crippen molar-refractivity contribution in [3.8, 4) is 0 Å². The molecule has 15 heteroatoms. The van der Waals surface area contributed by atoms with E-state index < -0.39 is 88.5 Å². The van der Waals surface area contributed by atoms with Crippen molar-refractivity contribution in [1.82, 2.24) is 0 Å². The number of carbonyl (C=O) groups excluding carboxylic acids is 3. The van der Waals surface area contributed by atoms with E-state index >= 15 is 0 Å². The van der Waals surface area contributed by atoms with Crippen LogP contribution >= 0.6 is 7.82 Å². The van der Waals surface area contributed by atoms with Crippen LogP contribution in [0.2, 0.25) is 0 Å². The summed E-state index contributed by atoms with van der Waals surface area (Å²) in [5.41, 5.74) is 0. The average Bonchev–Trinajstić information content (AvgIpc) is 3.56. The molecule has 0 aromatic rings. The van der Waals surface area contributed by atoms with Crippen LogP contribution in [0.5, 0.6) is 0 Å². The normalized spacial score (nSPS) is 20.3. The Balaban J connectivity index is 2.35. The van der Waals surface area contributed by atoms with Crippen LogP contribution in [0.1, 0.15) is 220 Å². The second-order valence-corrected chi connectivity index (χ2v) is 20.6. The number of unbranched alkanes of at least 4 members (excludes halogenated alkanes) is 20. The van der Waals surface area contributed by atoms with Gasteiger partial charge in [-0.1, -0.05) is 174 Å². The van der Waals surface area contributed by atoms with Crippen LogP contribution in [0.15, 0.2) is 12.2 Å². The van der Waals surface area contributed by atoms with Crippen LogP contribution in [-0.4, -0.2) is 105 Å². The number of Topliss-reactive ketones (excluding diaryl/α,β-unsaturated/α-hetero) is 1. The van der Waals surface area contributed by atoms with E-state index in [2.05, 4.69) is 25.3 Å². The fourth-order valence-electron chi connectivity index (χ4n) is 8.44. The maximum absolute atomic E-state index is 12.9. The molecule has 1 saturated carbocycles. The van der Waals surface area contributed by atoms with E-state index in [4.69, 9.17) is 19.1 Å². The van der Waals surface area contributed by atoms with E-state index in [1.54, 1.807) is 12.2 Å². The highest BCUT2D eigenvalue weighted by molar-refractivity contribution is 7.47. The number of aliphatic hydroxyl groups excluding tert-OH is 5. The fraction of sp³-hybridized carbons (Fsp3) is 0.902. The van der Waals surface area contributed by atoms with Crippen LogP contribution in [0.4, 0.5) is 0 Å². The van der Waals surface area contributed by atoms with Crippen LogP contribution in [0, 0.1) is 17.8 Å². The summed E-state index contributed by atoms with van der Waals surface area (Å²) in [4.78, 5) is 48.3. The Labute approximate surface area is 399 Å². The van der Waals surface area contributed by atoms with Gasteiger partial charge in [-0.15, -0.1) is 0 Å². The second kappa shape index (κ2) is 40.0. The number of phosphoric acid groups is 1. The third-order valence-corrected chi connectivity index (χ3v) is 13.9. The molecule has 0 saturated heterocycles. The van der Waals surface area contributed by atoms with Gasteiger partial charge in [-0.05, 0) is 31.6 Å². The number of ketones is 1. The molecule has 6 N–H and O–H groups in total. The maximum atomic E-state index is 12.9. The highest BCUT2D eigenvalue weighted by atomic mass is 31.2. The molecule has 1 aliphatic rings.